The van der Waals surface area contributed by atoms with E-state index in [4.69, 9.17) is 0 Å². The summed E-state index contributed by atoms with van der Waals surface area (Å²) >= 11 is 2.85. The lowest BCUT2D eigenvalue weighted by Crippen LogP contribution is -2.04. The van der Waals surface area contributed by atoms with E-state index in [1.54, 1.807) is 17.4 Å². The van der Waals surface area contributed by atoms with Crippen molar-refractivity contribution in [1.82, 2.24) is 4.98 Å². The number of hydrogen-bond acceptors (Lipinski definition) is 5. The van der Waals surface area contributed by atoms with Crippen LogP contribution in [0.5, 0.6) is 0 Å². The van der Waals surface area contributed by atoms with E-state index in [1.165, 1.54) is 18.3 Å². The van der Waals surface area contributed by atoms with Crippen molar-refractivity contribution in [3.63, 3.8) is 0 Å². The van der Waals surface area contributed by atoms with Crippen molar-refractivity contribution >= 4 is 45.2 Å². The molecule has 4 nitrogen and oxygen atoms in total. The van der Waals surface area contributed by atoms with Crippen LogP contribution in [0.3, 0.4) is 0 Å². The van der Waals surface area contributed by atoms with Crippen LogP contribution < -0.4 is 5.32 Å². The minimum Gasteiger partial charge on any atom is -0.316 e. The molecular formula is C20H15N3OS2. The van der Waals surface area contributed by atoms with Gasteiger partial charge in [0.25, 0.3) is 0 Å². The van der Waals surface area contributed by atoms with Crippen molar-refractivity contribution in [2.45, 2.75) is 6.92 Å². The molecule has 2 aromatic heterocycles. The molecule has 0 saturated heterocycles. The second-order valence-corrected chi connectivity index (χ2v) is 7.26. The molecule has 1 aromatic carbocycles. The molecular weight excluding hydrogens is 362 g/mol. The molecule has 2 heterocycles. The van der Waals surface area contributed by atoms with Gasteiger partial charge in [0, 0.05) is 6.92 Å². The Morgan fingerprint density at radius 1 is 1.23 bits per heavy atom. The fourth-order valence-electron chi connectivity index (χ4n) is 2.24. The molecule has 0 bridgehead atoms. The average Bonchev–Trinajstić information content (AvgIpc) is 3.29. The summed E-state index contributed by atoms with van der Waals surface area (Å²) in [5.74, 6) is -0.163. The number of amides is 1. The SMILES string of the molecule is CC(=O)Nc1sc(C(C#N)=CC=Cc2ccccc2)nc1-c1cccs1. The third-order valence-corrected chi connectivity index (χ3v) is 5.25. The van der Waals surface area contributed by atoms with Crippen molar-refractivity contribution in [3.05, 3.63) is 70.6 Å². The predicted octanol–water partition coefficient (Wildman–Crippen LogP) is 5.45. The topological polar surface area (TPSA) is 65.8 Å². The lowest BCUT2D eigenvalue weighted by molar-refractivity contribution is -0.114. The summed E-state index contributed by atoms with van der Waals surface area (Å²) in [5.41, 5.74) is 2.21. The highest BCUT2D eigenvalue weighted by Gasteiger charge is 2.17. The second kappa shape index (κ2) is 8.39. The van der Waals surface area contributed by atoms with Gasteiger partial charge < -0.3 is 5.32 Å². The summed E-state index contributed by atoms with van der Waals surface area (Å²) in [6.45, 7) is 1.46. The molecule has 6 heteroatoms. The standard InChI is InChI=1S/C20H15N3OS2/c1-14(24)22-20-18(17-11-6-12-25-17)23-19(26-20)16(13-21)10-5-9-15-7-3-2-4-8-15/h2-12H,1H3,(H,22,24). The summed E-state index contributed by atoms with van der Waals surface area (Å²) in [6, 6.07) is 15.9. The van der Waals surface area contributed by atoms with Crippen LogP contribution in [0, 0.1) is 11.3 Å². The highest BCUT2D eigenvalue weighted by molar-refractivity contribution is 7.18. The number of allylic oxidation sites excluding steroid dienone is 3. The molecule has 0 aliphatic heterocycles. The van der Waals surface area contributed by atoms with Gasteiger partial charge in [0.15, 0.2) is 0 Å². The Morgan fingerprint density at radius 2 is 2.04 bits per heavy atom. The predicted molar refractivity (Wildman–Crippen MR) is 109 cm³/mol. The molecule has 0 radical (unpaired) electrons. The first kappa shape index (κ1) is 17.8. The number of anilines is 1. The molecule has 0 aliphatic rings. The molecule has 0 atom stereocenters. The van der Waals surface area contributed by atoms with Gasteiger partial charge in [-0.2, -0.15) is 5.26 Å². The average molecular weight is 377 g/mol. The zero-order valence-electron chi connectivity index (χ0n) is 14.0. The monoisotopic (exact) mass is 377 g/mol. The first-order chi connectivity index (χ1) is 12.7. The lowest BCUT2D eigenvalue weighted by atomic mass is 10.2. The van der Waals surface area contributed by atoms with E-state index >= 15 is 0 Å². The van der Waals surface area contributed by atoms with E-state index in [1.807, 2.05) is 60.0 Å². The van der Waals surface area contributed by atoms with Crippen molar-refractivity contribution in [1.29, 1.82) is 5.26 Å². The number of thiazole rings is 1. The number of nitriles is 1. The Bertz CT molecular complexity index is 994. The van der Waals surface area contributed by atoms with Gasteiger partial charge in [-0.05, 0) is 23.1 Å². The summed E-state index contributed by atoms with van der Waals surface area (Å²) in [7, 11) is 0. The molecule has 128 valence electrons. The second-order valence-electron chi connectivity index (χ2n) is 5.32. The van der Waals surface area contributed by atoms with Crippen LogP contribution in [-0.4, -0.2) is 10.9 Å². The largest absolute Gasteiger partial charge is 0.316 e. The maximum Gasteiger partial charge on any atom is 0.221 e. The van der Waals surface area contributed by atoms with E-state index < -0.39 is 0 Å². The van der Waals surface area contributed by atoms with Crippen molar-refractivity contribution in [2.24, 2.45) is 0 Å². The number of nitrogens with one attached hydrogen (secondary N) is 1. The number of nitrogens with zero attached hydrogens (tertiary/aromatic N) is 2. The highest BCUT2D eigenvalue weighted by Crippen LogP contribution is 2.37. The van der Waals surface area contributed by atoms with Crippen LogP contribution in [0.4, 0.5) is 5.00 Å². The van der Waals surface area contributed by atoms with Gasteiger partial charge in [0.05, 0.1) is 10.5 Å². The Labute approximate surface area is 159 Å². The van der Waals surface area contributed by atoms with Crippen LogP contribution in [0.25, 0.3) is 22.2 Å². The number of carbonyl (C=O) groups is 1. The zero-order chi connectivity index (χ0) is 18.4. The highest BCUT2D eigenvalue weighted by atomic mass is 32.1. The first-order valence-electron chi connectivity index (χ1n) is 7.83. The molecule has 0 saturated carbocycles. The minimum atomic E-state index is -0.163. The third kappa shape index (κ3) is 4.33. The van der Waals surface area contributed by atoms with E-state index in [0.29, 0.717) is 21.3 Å². The van der Waals surface area contributed by atoms with Crippen LogP contribution in [0.1, 0.15) is 17.5 Å². The molecule has 0 spiro atoms. The lowest BCUT2D eigenvalue weighted by Gasteiger charge is -1.99. The van der Waals surface area contributed by atoms with E-state index in [2.05, 4.69) is 16.4 Å². The Kier molecular flexibility index (Phi) is 5.74. The van der Waals surface area contributed by atoms with E-state index in [-0.39, 0.29) is 5.91 Å². The number of thiophene rings is 1. The minimum absolute atomic E-state index is 0.163. The molecule has 0 fully saturated rings. The van der Waals surface area contributed by atoms with Gasteiger partial charge in [0.2, 0.25) is 5.91 Å². The molecule has 0 unspecified atom stereocenters. The zero-order valence-corrected chi connectivity index (χ0v) is 15.6. The number of carbonyl (C=O) groups excluding carboxylic acids is 1. The number of rotatable bonds is 5. The maximum absolute atomic E-state index is 11.5. The first-order valence-corrected chi connectivity index (χ1v) is 9.53. The molecule has 3 rings (SSSR count). The smallest absolute Gasteiger partial charge is 0.221 e. The summed E-state index contributed by atoms with van der Waals surface area (Å²) in [6.07, 6.45) is 5.50. The molecule has 3 aromatic rings. The number of aromatic nitrogens is 1. The van der Waals surface area contributed by atoms with Gasteiger partial charge >= 0.3 is 0 Å². The Morgan fingerprint density at radius 3 is 2.69 bits per heavy atom. The van der Waals surface area contributed by atoms with Gasteiger partial charge in [-0.15, -0.1) is 11.3 Å². The summed E-state index contributed by atoms with van der Waals surface area (Å²) in [4.78, 5) is 17.0. The van der Waals surface area contributed by atoms with E-state index in [0.717, 1.165) is 10.4 Å². The molecule has 1 amide bonds. The molecule has 0 aliphatic carbocycles. The van der Waals surface area contributed by atoms with Crippen molar-refractivity contribution in [3.8, 4) is 16.6 Å². The fourth-order valence-corrected chi connectivity index (χ4v) is 4.02. The van der Waals surface area contributed by atoms with Gasteiger partial charge in [-0.1, -0.05) is 59.9 Å². The summed E-state index contributed by atoms with van der Waals surface area (Å²) in [5, 5.41) is 15.5. The molecule has 26 heavy (non-hydrogen) atoms. The van der Waals surface area contributed by atoms with Crippen molar-refractivity contribution < 1.29 is 4.79 Å². The fraction of sp³-hybridized carbons (Fsp3) is 0.0500. The van der Waals surface area contributed by atoms with Crippen LogP contribution in [-0.2, 0) is 4.79 Å². The Balaban J connectivity index is 1.93. The van der Waals surface area contributed by atoms with Crippen LogP contribution >= 0.6 is 22.7 Å². The Hall–Kier alpha value is -3.01. The number of benzene rings is 1. The van der Waals surface area contributed by atoms with Gasteiger partial charge in [-0.25, -0.2) is 4.98 Å². The normalized spacial score (nSPS) is 11.5. The quantitative estimate of drug-likeness (QED) is 0.475. The number of hydrogen-bond donors (Lipinski definition) is 1. The van der Waals surface area contributed by atoms with E-state index in [9.17, 15) is 10.1 Å². The van der Waals surface area contributed by atoms with Crippen molar-refractivity contribution in [2.75, 3.05) is 5.32 Å². The third-order valence-electron chi connectivity index (χ3n) is 3.37. The van der Waals surface area contributed by atoms with Crippen LogP contribution in [0.2, 0.25) is 0 Å². The summed E-state index contributed by atoms with van der Waals surface area (Å²) < 4.78 is 0. The molecule has 1 N–H and O–H groups in total. The van der Waals surface area contributed by atoms with Gasteiger partial charge in [0.1, 0.15) is 21.8 Å². The van der Waals surface area contributed by atoms with Gasteiger partial charge in [-0.3, -0.25) is 4.79 Å². The van der Waals surface area contributed by atoms with Crippen LogP contribution in [0.15, 0.2) is 60.0 Å². The maximum atomic E-state index is 11.5.